The van der Waals surface area contributed by atoms with Crippen molar-refractivity contribution in [2.75, 3.05) is 11.9 Å². The Kier molecular flexibility index (Phi) is 8.17. The van der Waals surface area contributed by atoms with Crippen LogP contribution in [0.3, 0.4) is 0 Å². The van der Waals surface area contributed by atoms with Gasteiger partial charge in [0.05, 0.1) is 22.7 Å². The van der Waals surface area contributed by atoms with Crippen LogP contribution in [0, 0.1) is 27.7 Å². The number of aryl methyl sites for hydroxylation is 4. The third-order valence-electron chi connectivity index (χ3n) is 5.56. The van der Waals surface area contributed by atoms with Gasteiger partial charge in [-0.3, -0.25) is 4.79 Å². The summed E-state index contributed by atoms with van der Waals surface area (Å²) in [6.45, 7) is 6.23. The molecule has 0 aliphatic heterocycles. The maximum atomic E-state index is 13.8. The van der Waals surface area contributed by atoms with E-state index in [4.69, 9.17) is 11.6 Å². The minimum Gasteiger partial charge on any atom is -0.324 e. The van der Waals surface area contributed by atoms with E-state index in [0.29, 0.717) is 22.8 Å². The van der Waals surface area contributed by atoms with Crippen LogP contribution >= 0.6 is 11.6 Å². The third kappa shape index (κ3) is 6.46. The molecule has 10 heteroatoms. The van der Waals surface area contributed by atoms with E-state index >= 15 is 0 Å². The molecule has 0 bridgehead atoms. The fourth-order valence-corrected chi connectivity index (χ4v) is 6.00. The van der Waals surface area contributed by atoms with Crippen LogP contribution in [0.25, 0.3) is 0 Å². The van der Waals surface area contributed by atoms with E-state index in [1.807, 2.05) is 26.0 Å². The van der Waals surface area contributed by atoms with Gasteiger partial charge < -0.3 is 5.32 Å². The Balaban J connectivity index is 2.00. The number of carbonyl (C=O) groups is 1. The van der Waals surface area contributed by atoms with Gasteiger partial charge in [-0.1, -0.05) is 59.1 Å². The van der Waals surface area contributed by atoms with Gasteiger partial charge in [0, 0.05) is 11.6 Å². The second kappa shape index (κ2) is 10.6. The minimum absolute atomic E-state index is 0.0653. The number of halogens is 4. The quantitative estimate of drug-likeness (QED) is 0.377. The summed E-state index contributed by atoms with van der Waals surface area (Å²) >= 11 is 5.71. The monoisotopic (exact) mass is 538 g/mol. The van der Waals surface area contributed by atoms with Gasteiger partial charge in [0.1, 0.15) is 0 Å². The van der Waals surface area contributed by atoms with Crippen LogP contribution in [0.4, 0.5) is 18.9 Å². The summed E-state index contributed by atoms with van der Waals surface area (Å²) < 4.78 is 68.9. The van der Waals surface area contributed by atoms with Crippen molar-refractivity contribution in [2.24, 2.45) is 0 Å². The Hall–Kier alpha value is -2.88. The zero-order valence-electron chi connectivity index (χ0n) is 20.2. The molecule has 0 radical (unpaired) electrons. The summed E-state index contributed by atoms with van der Waals surface area (Å²) in [7, 11) is -4.19. The molecule has 0 atom stereocenters. The SMILES string of the molecule is Cc1ccc(CN(CC(=O)Nc2ccc(Cl)cc2C(F)(F)F)S(=O)(=O)c2c(C)cc(C)cc2C)cc1. The minimum atomic E-state index is -4.77. The molecule has 0 heterocycles. The molecular formula is C26H26ClF3N2O3S. The highest BCUT2D eigenvalue weighted by molar-refractivity contribution is 7.89. The summed E-state index contributed by atoms with van der Waals surface area (Å²) in [5.74, 6) is -0.916. The van der Waals surface area contributed by atoms with E-state index in [-0.39, 0.29) is 16.5 Å². The number of alkyl halides is 3. The summed E-state index contributed by atoms with van der Waals surface area (Å²) in [6.07, 6.45) is -4.77. The van der Waals surface area contributed by atoms with Crippen LogP contribution in [0.5, 0.6) is 0 Å². The molecule has 0 saturated carbocycles. The summed E-state index contributed by atoms with van der Waals surface area (Å²) in [6, 6.07) is 13.5. The third-order valence-corrected chi connectivity index (χ3v) is 7.90. The van der Waals surface area contributed by atoms with Crippen LogP contribution < -0.4 is 5.32 Å². The van der Waals surface area contributed by atoms with Crippen molar-refractivity contribution < 1.29 is 26.4 Å². The highest BCUT2D eigenvalue weighted by Crippen LogP contribution is 2.36. The molecule has 3 rings (SSSR count). The molecule has 3 aromatic carbocycles. The molecule has 1 N–H and O–H groups in total. The highest BCUT2D eigenvalue weighted by Gasteiger charge is 2.35. The molecule has 0 aliphatic rings. The number of nitrogens with one attached hydrogen (secondary N) is 1. The van der Waals surface area contributed by atoms with Gasteiger partial charge in [0.15, 0.2) is 0 Å². The lowest BCUT2D eigenvalue weighted by atomic mass is 10.1. The van der Waals surface area contributed by atoms with Crippen molar-refractivity contribution in [1.82, 2.24) is 4.31 Å². The summed E-state index contributed by atoms with van der Waals surface area (Å²) in [5, 5.41) is 2.06. The number of anilines is 1. The van der Waals surface area contributed by atoms with Crippen molar-refractivity contribution in [3.05, 3.63) is 93.0 Å². The second-order valence-electron chi connectivity index (χ2n) is 8.72. The van der Waals surface area contributed by atoms with E-state index < -0.39 is 39.9 Å². The number of rotatable bonds is 7. The predicted molar refractivity (Wildman–Crippen MR) is 135 cm³/mol. The van der Waals surface area contributed by atoms with Gasteiger partial charge in [-0.05, 0) is 62.6 Å². The predicted octanol–water partition coefficient (Wildman–Crippen LogP) is 6.42. The first-order valence-electron chi connectivity index (χ1n) is 11.0. The topological polar surface area (TPSA) is 66.5 Å². The molecule has 0 spiro atoms. The normalized spacial score (nSPS) is 12.1. The van der Waals surface area contributed by atoms with Crippen molar-refractivity contribution in [1.29, 1.82) is 0 Å². The first-order valence-corrected chi connectivity index (χ1v) is 12.8. The Morgan fingerprint density at radius 1 is 0.917 bits per heavy atom. The lowest BCUT2D eigenvalue weighted by Crippen LogP contribution is -2.38. The van der Waals surface area contributed by atoms with Gasteiger partial charge in [-0.2, -0.15) is 17.5 Å². The number of carbonyl (C=O) groups excluding carboxylic acids is 1. The zero-order valence-corrected chi connectivity index (χ0v) is 21.8. The fraction of sp³-hybridized carbons (Fsp3) is 0.269. The van der Waals surface area contributed by atoms with Crippen LogP contribution in [0.1, 0.15) is 33.4 Å². The lowest BCUT2D eigenvalue weighted by Gasteiger charge is -2.24. The average Bonchev–Trinajstić information content (AvgIpc) is 2.74. The van der Waals surface area contributed by atoms with Crippen LogP contribution in [0.15, 0.2) is 59.5 Å². The van der Waals surface area contributed by atoms with E-state index in [0.717, 1.165) is 21.5 Å². The fourth-order valence-electron chi connectivity index (χ4n) is 4.04. The van der Waals surface area contributed by atoms with Crippen molar-refractivity contribution in [3.63, 3.8) is 0 Å². The smallest absolute Gasteiger partial charge is 0.324 e. The van der Waals surface area contributed by atoms with E-state index in [9.17, 15) is 26.4 Å². The molecule has 5 nitrogen and oxygen atoms in total. The molecule has 1 amide bonds. The average molecular weight is 539 g/mol. The van der Waals surface area contributed by atoms with E-state index in [1.165, 1.54) is 6.07 Å². The number of sulfonamides is 1. The number of amides is 1. The lowest BCUT2D eigenvalue weighted by molar-refractivity contribution is -0.137. The standard InChI is InChI=1S/C26H26ClF3N2O3S/c1-16-5-7-20(8-6-16)14-32(36(34,35)25-18(3)11-17(2)12-19(25)4)15-24(33)31-23-10-9-21(27)13-22(23)26(28,29)30/h5-13H,14-15H2,1-4H3,(H,31,33). The van der Waals surface area contributed by atoms with Gasteiger partial charge in [0.25, 0.3) is 0 Å². The maximum Gasteiger partial charge on any atom is 0.418 e. The molecule has 0 unspecified atom stereocenters. The van der Waals surface area contributed by atoms with Gasteiger partial charge in [0.2, 0.25) is 15.9 Å². The summed E-state index contributed by atoms with van der Waals surface area (Å²) in [5.41, 5.74) is 1.88. The number of hydrogen-bond donors (Lipinski definition) is 1. The molecule has 192 valence electrons. The molecule has 0 aromatic heterocycles. The van der Waals surface area contributed by atoms with Crippen LogP contribution in [-0.2, 0) is 27.5 Å². The van der Waals surface area contributed by atoms with E-state index in [2.05, 4.69) is 5.32 Å². The molecule has 0 saturated heterocycles. The largest absolute Gasteiger partial charge is 0.418 e. The summed E-state index contributed by atoms with van der Waals surface area (Å²) in [4.78, 5) is 13.0. The van der Waals surface area contributed by atoms with Gasteiger partial charge >= 0.3 is 6.18 Å². The molecular weight excluding hydrogens is 513 g/mol. The van der Waals surface area contributed by atoms with Crippen molar-refractivity contribution in [2.45, 2.75) is 45.3 Å². The zero-order chi connectivity index (χ0) is 26.8. The van der Waals surface area contributed by atoms with Crippen LogP contribution in [0.2, 0.25) is 5.02 Å². The number of nitrogens with zero attached hydrogens (tertiary/aromatic N) is 1. The van der Waals surface area contributed by atoms with Gasteiger partial charge in [-0.25, -0.2) is 8.42 Å². The molecule has 0 aliphatic carbocycles. The Morgan fingerprint density at radius 3 is 2.06 bits per heavy atom. The molecule has 36 heavy (non-hydrogen) atoms. The van der Waals surface area contributed by atoms with Gasteiger partial charge in [-0.15, -0.1) is 0 Å². The molecule has 3 aromatic rings. The number of benzene rings is 3. The Bertz CT molecular complexity index is 1370. The first kappa shape index (κ1) is 27.7. The van der Waals surface area contributed by atoms with Crippen LogP contribution in [-0.4, -0.2) is 25.2 Å². The van der Waals surface area contributed by atoms with Crippen molar-refractivity contribution in [3.8, 4) is 0 Å². The molecule has 0 fully saturated rings. The van der Waals surface area contributed by atoms with E-state index in [1.54, 1.807) is 38.1 Å². The first-order chi connectivity index (χ1) is 16.7. The second-order valence-corrected chi connectivity index (χ2v) is 11.0. The highest BCUT2D eigenvalue weighted by atomic mass is 35.5. The maximum absolute atomic E-state index is 13.8. The number of hydrogen-bond acceptors (Lipinski definition) is 3. The Morgan fingerprint density at radius 2 is 1.50 bits per heavy atom. The Labute approximate surface area is 213 Å². The van der Waals surface area contributed by atoms with Crippen molar-refractivity contribution >= 4 is 33.2 Å².